The Kier molecular flexibility index (Phi) is 3.58. The van der Waals surface area contributed by atoms with Crippen molar-refractivity contribution in [3.05, 3.63) is 33.8 Å². The molecule has 0 heterocycles. The van der Waals surface area contributed by atoms with Crippen molar-refractivity contribution in [2.45, 2.75) is 13.5 Å². The van der Waals surface area contributed by atoms with Crippen LogP contribution in [0.2, 0.25) is 10.0 Å². The van der Waals surface area contributed by atoms with Crippen molar-refractivity contribution < 1.29 is 4.79 Å². The molecule has 1 aromatic carbocycles. The summed E-state index contributed by atoms with van der Waals surface area (Å²) < 4.78 is 0. The maximum Gasteiger partial charge on any atom is 0.217 e. The minimum absolute atomic E-state index is 0.101. The van der Waals surface area contributed by atoms with Crippen molar-refractivity contribution in [1.29, 1.82) is 0 Å². The van der Waals surface area contributed by atoms with Crippen molar-refractivity contribution in [3.8, 4) is 0 Å². The summed E-state index contributed by atoms with van der Waals surface area (Å²) in [5.74, 6) is -0.101. The zero-order valence-corrected chi connectivity index (χ0v) is 8.62. The van der Waals surface area contributed by atoms with E-state index in [2.05, 4.69) is 5.32 Å². The molecule has 0 saturated carbocycles. The molecule has 1 aromatic rings. The van der Waals surface area contributed by atoms with Crippen LogP contribution in [0.4, 0.5) is 0 Å². The highest BCUT2D eigenvalue weighted by Crippen LogP contribution is 2.23. The molecule has 1 amide bonds. The lowest BCUT2D eigenvalue weighted by atomic mass is 10.2. The standard InChI is InChI=1S/C9H9Cl2NO/c1-6(13)12-5-7-8(10)3-2-4-9(7)11/h2-4H,5H2,1H3,(H,12,13). The zero-order chi connectivity index (χ0) is 9.84. The van der Waals surface area contributed by atoms with E-state index in [-0.39, 0.29) is 5.91 Å². The van der Waals surface area contributed by atoms with Crippen LogP contribution in [-0.2, 0) is 11.3 Å². The number of carbonyl (C=O) groups is 1. The largest absolute Gasteiger partial charge is 0.352 e. The van der Waals surface area contributed by atoms with Crippen molar-refractivity contribution >= 4 is 29.1 Å². The molecule has 13 heavy (non-hydrogen) atoms. The summed E-state index contributed by atoms with van der Waals surface area (Å²) in [6, 6.07) is 5.25. The third kappa shape index (κ3) is 2.90. The van der Waals surface area contributed by atoms with E-state index < -0.39 is 0 Å². The molecule has 1 N–H and O–H groups in total. The van der Waals surface area contributed by atoms with Gasteiger partial charge >= 0.3 is 0 Å². The molecule has 0 radical (unpaired) electrons. The summed E-state index contributed by atoms with van der Waals surface area (Å²) in [7, 11) is 0. The second kappa shape index (κ2) is 4.49. The summed E-state index contributed by atoms with van der Waals surface area (Å²) >= 11 is 11.8. The Hall–Kier alpha value is -0.730. The minimum atomic E-state index is -0.101. The average molecular weight is 218 g/mol. The normalized spacial score (nSPS) is 9.77. The maximum atomic E-state index is 10.6. The Labute approximate surface area is 86.8 Å². The van der Waals surface area contributed by atoms with Gasteiger partial charge in [0.05, 0.1) is 0 Å². The van der Waals surface area contributed by atoms with E-state index in [4.69, 9.17) is 23.2 Å². The Morgan fingerprint density at radius 3 is 2.38 bits per heavy atom. The second-order valence-electron chi connectivity index (χ2n) is 2.61. The highest BCUT2D eigenvalue weighted by Gasteiger charge is 2.04. The number of halogens is 2. The first-order valence-corrected chi connectivity index (χ1v) is 4.54. The monoisotopic (exact) mass is 217 g/mol. The number of hydrogen-bond donors (Lipinski definition) is 1. The van der Waals surface area contributed by atoms with Gasteiger partial charge in [0.2, 0.25) is 5.91 Å². The summed E-state index contributed by atoms with van der Waals surface area (Å²) in [5.41, 5.74) is 0.751. The van der Waals surface area contributed by atoms with Crippen LogP contribution in [0.15, 0.2) is 18.2 Å². The molecule has 0 aliphatic heterocycles. The van der Waals surface area contributed by atoms with E-state index >= 15 is 0 Å². The Morgan fingerprint density at radius 1 is 1.38 bits per heavy atom. The molecule has 0 fully saturated rings. The Morgan fingerprint density at radius 2 is 1.92 bits per heavy atom. The van der Waals surface area contributed by atoms with Crippen molar-refractivity contribution in [3.63, 3.8) is 0 Å². The SMILES string of the molecule is CC(=O)NCc1c(Cl)cccc1Cl. The van der Waals surface area contributed by atoms with Gasteiger partial charge < -0.3 is 5.32 Å². The van der Waals surface area contributed by atoms with Gasteiger partial charge in [-0.2, -0.15) is 0 Å². The molecule has 70 valence electrons. The molecule has 0 aliphatic rings. The summed E-state index contributed by atoms with van der Waals surface area (Å²) in [6.07, 6.45) is 0. The van der Waals surface area contributed by atoms with Crippen LogP contribution in [0, 0.1) is 0 Å². The number of carbonyl (C=O) groups excluding carboxylic acids is 1. The molecule has 0 unspecified atom stereocenters. The molecule has 0 saturated heterocycles. The number of benzene rings is 1. The van der Waals surface area contributed by atoms with E-state index in [9.17, 15) is 4.79 Å². The third-order valence-electron chi connectivity index (χ3n) is 1.58. The van der Waals surface area contributed by atoms with Gasteiger partial charge in [-0.25, -0.2) is 0 Å². The van der Waals surface area contributed by atoms with Crippen molar-refractivity contribution in [2.24, 2.45) is 0 Å². The third-order valence-corrected chi connectivity index (χ3v) is 2.28. The first-order chi connectivity index (χ1) is 6.11. The smallest absolute Gasteiger partial charge is 0.217 e. The topological polar surface area (TPSA) is 29.1 Å². The van der Waals surface area contributed by atoms with Gasteiger partial charge in [0.1, 0.15) is 0 Å². The molecule has 0 aromatic heterocycles. The Balaban J connectivity index is 2.81. The number of amides is 1. The van der Waals surface area contributed by atoms with Crippen LogP contribution in [0.3, 0.4) is 0 Å². The lowest BCUT2D eigenvalue weighted by Crippen LogP contribution is -2.19. The molecule has 0 aliphatic carbocycles. The second-order valence-corrected chi connectivity index (χ2v) is 3.42. The van der Waals surface area contributed by atoms with E-state index in [0.717, 1.165) is 5.56 Å². The molecule has 0 spiro atoms. The quantitative estimate of drug-likeness (QED) is 0.812. The first-order valence-electron chi connectivity index (χ1n) is 3.78. The van der Waals surface area contributed by atoms with Gasteiger partial charge in [0.15, 0.2) is 0 Å². The number of nitrogens with one attached hydrogen (secondary N) is 1. The molecular weight excluding hydrogens is 209 g/mol. The van der Waals surface area contributed by atoms with Gasteiger partial charge in [-0.05, 0) is 12.1 Å². The minimum Gasteiger partial charge on any atom is -0.352 e. The summed E-state index contributed by atoms with van der Waals surface area (Å²) in [6.45, 7) is 1.82. The number of rotatable bonds is 2. The highest BCUT2D eigenvalue weighted by atomic mass is 35.5. The molecule has 0 bridgehead atoms. The van der Waals surface area contributed by atoms with Gasteiger partial charge in [-0.1, -0.05) is 29.3 Å². The summed E-state index contributed by atoms with van der Waals surface area (Å²) in [4.78, 5) is 10.6. The van der Waals surface area contributed by atoms with Crippen LogP contribution < -0.4 is 5.32 Å². The maximum absolute atomic E-state index is 10.6. The molecule has 4 heteroatoms. The first kappa shape index (κ1) is 10.4. The number of hydrogen-bond acceptors (Lipinski definition) is 1. The lowest BCUT2D eigenvalue weighted by Gasteiger charge is -2.06. The van der Waals surface area contributed by atoms with Crippen molar-refractivity contribution in [2.75, 3.05) is 0 Å². The van der Waals surface area contributed by atoms with Gasteiger partial charge in [0.25, 0.3) is 0 Å². The van der Waals surface area contributed by atoms with E-state index in [1.165, 1.54) is 6.92 Å². The average Bonchev–Trinajstić information content (AvgIpc) is 2.03. The zero-order valence-electron chi connectivity index (χ0n) is 7.10. The van der Waals surface area contributed by atoms with Crippen molar-refractivity contribution in [1.82, 2.24) is 5.32 Å². The van der Waals surface area contributed by atoms with E-state index in [1.807, 2.05) is 0 Å². The fourth-order valence-corrected chi connectivity index (χ4v) is 1.45. The van der Waals surface area contributed by atoms with Gasteiger partial charge in [-0.3, -0.25) is 4.79 Å². The van der Waals surface area contributed by atoms with Crippen LogP contribution >= 0.6 is 23.2 Å². The lowest BCUT2D eigenvalue weighted by molar-refractivity contribution is -0.119. The molecule has 1 rings (SSSR count). The fraction of sp³-hybridized carbons (Fsp3) is 0.222. The van der Waals surface area contributed by atoms with Crippen LogP contribution in [-0.4, -0.2) is 5.91 Å². The van der Waals surface area contributed by atoms with Crippen LogP contribution in [0.1, 0.15) is 12.5 Å². The predicted octanol–water partition coefficient (Wildman–Crippen LogP) is 2.63. The molecule has 0 atom stereocenters. The van der Waals surface area contributed by atoms with E-state index in [1.54, 1.807) is 18.2 Å². The summed E-state index contributed by atoms with van der Waals surface area (Å²) in [5, 5.41) is 3.78. The fourth-order valence-electron chi connectivity index (χ4n) is 0.914. The highest BCUT2D eigenvalue weighted by molar-refractivity contribution is 6.35. The van der Waals surface area contributed by atoms with Crippen LogP contribution in [0.25, 0.3) is 0 Å². The predicted molar refractivity (Wildman–Crippen MR) is 54.0 cm³/mol. The van der Waals surface area contributed by atoms with Gasteiger partial charge in [-0.15, -0.1) is 0 Å². The van der Waals surface area contributed by atoms with Gasteiger partial charge in [0, 0.05) is 29.1 Å². The van der Waals surface area contributed by atoms with Crippen LogP contribution in [0.5, 0.6) is 0 Å². The Bertz CT molecular complexity index is 305. The molecular formula is C9H9Cl2NO. The molecule has 2 nitrogen and oxygen atoms in total. The van der Waals surface area contributed by atoms with E-state index in [0.29, 0.717) is 16.6 Å².